The quantitative estimate of drug-likeness (QED) is 0.811. The third-order valence-corrected chi connectivity index (χ3v) is 3.84. The van der Waals surface area contributed by atoms with Crippen LogP contribution in [0.5, 0.6) is 5.75 Å². The van der Waals surface area contributed by atoms with E-state index in [1.807, 2.05) is 36.4 Å². The minimum Gasteiger partial charge on any atom is -0.488 e. The normalized spacial score (nSPS) is 17.4. The third kappa shape index (κ3) is 4.13. The number of hydrogen-bond acceptors (Lipinski definition) is 4. The molecule has 0 aliphatic carbocycles. The molecule has 0 bridgehead atoms. The van der Waals surface area contributed by atoms with E-state index >= 15 is 0 Å². The zero-order valence-electron chi connectivity index (χ0n) is 13.5. The molecule has 3 rings (SSSR count). The first-order valence-corrected chi connectivity index (χ1v) is 7.90. The molecular weight excluding hydrogens is 306 g/mol. The van der Waals surface area contributed by atoms with Gasteiger partial charge < -0.3 is 14.1 Å². The summed E-state index contributed by atoms with van der Waals surface area (Å²) in [6.07, 6.45) is 4.02. The van der Waals surface area contributed by atoms with Crippen LogP contribution in [0, 0.1) is 6.92 Å². The van der Waals surface area contributed by atoms with Crippen molar-refractivity contribution in [2.24, 2.45) is 0 Å². The van der Waals surface area contributed by atoms with Gasteiger partial charge in [0.2, 0.25) is 5.91 Å². The van der Waals surface area contributed by atoms with E-state index in [1.165, 1.54) is 6.07 Å². The van der Waals surface area contributed by atoms with Gasteiger partial charge in [0, 0.05) is 25.1 Å². The highest BCUT2D eigenvalue weighted by atomic mass is 16.5. The van der Waals surface area contributed by atoms with Gasteiger partial charge in [-0.05, 0) is 18.6 Å². The predicted molar refractivity (Wildman–Crippen MR) is 90.8 cm³/mol. The number of hydrogen-bond donors (Lipinski definition) is 0. The number of benzene rings is 1. The van der Waals surface area contributed by atoms with E-state index in [0.717, 1.165) is 12.0 Å². The molecule has 1 aromatic heterocycles. The van der Waals surface area contributed by atoms with Crippen LogP contribution in [0.4, 0.5) is 0 Å². The Morgan fingerprint density at radius 2 is 2.08 bits per heavy atom. The van der Waals surface area contributed by atoms with Gasteiger partial charge in [0.25, 0.3) is 0 Å². The van der Waals surface area contributed by atoms with Gasteiger partial charge in [-0.3, -0.25) is 4.79 Å². The maximum absolute atomic E-state index is 12.2. The standard InChI is InChI=1S/C19H19NO4/c1-14-11-17(12-19(22)23-14)24-16-9-10-20(13-16)18(21)8-7-15-5-3-2-4-6-15/h2-8,11-12,16H,9-10,13H2,1H3/b8-7+/t16-/m1/s1. The van der Waals surface area contributed by atoms with E-state index in [2.05, 4.69) is 0 Å². The highest BCUT2D eigenvalue weighted by molar-refractivity contribution is 5.92. The lowest BCUT2D eigenvalue weighted by Crippen LogP contribution is -2.29. The summed E-state index contributed by atoms with van der Waals surface area (Å²) in [5, 5.41) is 0. The molecule has 0 radical (unpaired) electrons. The molecule has 0 spiro atoms. The van der Waals surface area contributed by atoms with Crippen molar-refractivity contribution in [2.45, 2.75) is 19.4 Å². The van der Waals surface area contributed by atoms with Crippen molar-refractivity contribution < 1.29 is 13.9 Å². The Kier molecular flexibility index (Phi) is 4.79. The largest absolute Gasteiger partial charge is 0.488 e. The Morgan fingerprint density at radius 3 is 2.83 bits per heavy atom. The first-order valence-electron chi connectivity index (χ1n) is 7.90. The van der Waals surface area contributed by atoms with Crippen molar-refractivity contribution >= 4 is 12.0 Å². The second-order valence-electron chi connectivity index (χ2n) is 5.78. The molecule has 1 fully saturated rings. The van der Waals surface area contributed by atoms with Crippen molar-refractivity contribution in [3.63, 3.8) is 0 Å². The van der Waals surface area contributed by atoms with Crippen LogP contribution in [0.15, 0.2) is 57.8 Å². The van der Waals surface area contributed by atoms with Crippen molar-refractivity contribution in [2.75, 3.05) is 13.1 Å². The van der Waals surface area contributed by atoms with Crippen molar-refractivity contribution in [3.05, 3.63) is 70.3 Å². The molecule has 0 unspecified atom stereocenters. The Labute approximate surface area is 140 Å². The maximum atomic E-state index is 12.2. The molecule has 0 N–H and O–H groups in total. The number of nitrogens with zero attached hydrogens (tertiary/aromatic N) is 1. The van der Waals surface area contributed by atoms with Gasteiger partial charge in [0.1, 0.15) is 17.6 Å². The van der Waals surface area contributed by atoms with Gasteiger partial charge in [-0.15, -0.1) is 0 Å². The van der Waals surface area contributed by atoms with Crippen LogP contribution >= 0.6 is 0 Å². The second kappa shape index (κ2) is 7.17. The van der Waals surface area contributed by atoms with Gasteiger partial charge in [0.05, 0.1) is 12.6 Å². The summed E-state index contributed by atoms with van der Waals surface area (Å²) >= 11 is 0. The van der Waals surface area contributed by atoms with Gasteiger partial charge in [-0.25, -0.2) is 4.79 Å². The predicted octanol–water partition coefficient (Wildman–Crippen LogP) is 2.64. The summed E-state index contributed by atoms with van der Waals surface area (Å²) in [6.45, 7) is 2.85. The zero-order valence-corrected chi connectivity index (χ0v) is 13.5. The molecule has 1 amide bonds. The van der Waals surface area contributed by atoms with E-state index < -0.39 is 5.63 Å². The van der Waals surface area contributed by atoms with Gasteiger partial charge >= 0.3 is 5.63 Å². The Bertz CT molecular complexity index is 795. The average Bonchev–Trinajstić information content (AvgIpc) is 3.01. The van der Waals surface area contributed by atoms with Crippen LogP contribution in [0.3, 0.4) is 0 Å². The zero-order chi connectivity index (χ0) is 16.9. The number of aryl methyl sites for hydroxylation is 1. The number of amides is 1. The van der Waals surface area contributed by atoms with E-state index in [-0.39, 0.29) is 12.0 Å². The SMILES string of the molecule is Cc1cc(O[C@@H]2CCN(C(=O)/C=C/c3ccccc3)C2)cc(=O)o1. The average molecular weight is 325 g/mol. The minimum atomic E-state index is -0.429. The molecular formula is C19H19NO4. The van der Waals surface area contributed by atoms with Crippen LogP contribution in [-0.2, 0) is 4.79 Å². The van der Waals surface area contributed by atoms with E-state index in [4.69, 9.17) is 9.15 Å². The number of carbonyl (C=O) groups is 1. The molecule has 5 heteroatoms. The summed E-state index contributed by atoms with van der Waals surface area (Å²) < 4.78 is 10.7. The number of rotatable bonds is 4. The molecule has 2 heterocycles. The summed E-state index contributed by atoms with van der Waals surface area (Å²) in [5.74, 6) is 0.964. The van der Waals surface area contributed by atoms with Crippen LogP contribution < -0.4 is 10.4 Å². The van der Waals surface area contributed by atoms with Crippen LogP contribution in [0.25, 0.3) is 6.08 Å². The number of ether oxygens (including phenoxy) is 1. The lowest BCUT2D eigenvalue weighted by Gasteiger charge is -2.15. The Balaban J connectivity index is 1.57. The molecule has 24 heavy (non-hydrogen) atoms. The van der Waals surface area contributed by atoms with E-state index in [1.54, 1.807) is 24.0 Å². The highest BCUT2D eigenvalue weighted by Gasteiger charge is 2.26. The molecule has 5 nitrogen and oxygen atoms in total. The lowest BCUT2D eigenvalue weighted by molar-refractivity contribution is -0.125. The van der Waals surface area contributed by atoms with E-state index in [9.17, 15) is 9.59 Å². The number of carbonyl (C=O) groups excluding carboxylic acids is 1. The topological polar surface area (TPSA) is 59.8 Å². The first kappa shape index (κ1) is 16.1. The van der Waals surface area contributed by atoms with Crippen LogP contribution in [0.2, 0.25) is 0 Å². The summed E-state index contributed by atoms with van der Waals surface area (Å²) in [5.41, 5.74) is 0.561. The van der Waals surface area contributed by atoms with Gasteiger partial charge in [-0.2, -0.15) is 0 Å². The fraction of sp³-hybridized carbons (Fsp3) is 0.263. The summed E-state index contributed by atoms with van der Waals surface area (Å²) in [4.78, 5) is 25.4. The van der Waals surface area contributed by atoms with Gasteiger partial charge in [0.15, 0.2) is 0 Å². The fourth-order valence-corrected chi connectivity index (χ4v) is 2.70. The molecule has 1 aromatic carbocycles. The highest BCUT2D eigenvalue weighted by Crippen LogP contribution is 2.18. The number of likely N-dealkylation sites (tertiary alicyclic amines) is 1. The Morgan fingerprint density at radius 1 is 1.29 bits per heavy atom. The van der Waals surface area contributed by atoms with Gasteiger partial charge in [-0.1, -0.05) is 30.3 Å². The Hall–Kier alpha value is -2.82. The smallest absolute Gasteiger partial charge is 0.339 e. The van der Waals surface area contributed by atoms with Crippen molar-refractivity contribution in [1.82, 2.24) is 4.90 Å². The van der Waals surface area contributed by atoms with Crippen LogP contribution in [0.1, 0.15) is 17.7 Å². The van der Waals surface area contributed by atoms with E-state index in [0.29, 0.717) is 24.6 Å². The summed E-state index contributed by atoms with van der Waals surface area (Å²) in [7, 11) is 0. The minimum absolute atomic E-state index is 0.0336. The first-order chi connectivity index (χ1) is 11.6. The monoisotopic (exact) mass is 325 g/mol. The lowest BCUT2D eigenvalue weighted by atomic mass is 10.2. The van der Waals surface area contributed by atoms with Crippen molar-refractivity contribution in [3.8, 4) is 5.75 Å². The molecule has 1 atom stereocenters. The maximum Gasteiger partial charge on any atom is 0.339 e. The molecule has 0 saturated carbocycles. The molecule has 2 aromatic rings. The third-order valence-electron chi connectivity index (χ3n) is 3.84. The van der Waals surface area contributed by atoms with Crippen molar-refractivity contribution in [1.29, 1.82) is 0 Å². The molecule has 1 aliphatic rings. The molecule has 124 valence electrons. The summed E-state index contributed by atoms with van der Waals surface area (Å²) in [6, 6.07) is 12.7. The molecule has 1 saturated heterocycles. The van der Waals surface area contributed by atoms with Crippen LogP contribution in [-0.4, -0.2) is 30.0 Å². The fourth-order valence-electron chi connectivity index (χ4n) is 2.70. The second-order valence-corrected chi connectivity index (χ2v) is 5.78. The molecule has 1 aliphatic heterocycles.